The maximum absolute atomic E-state index is 13.7. The van der Waals surface area contributed by atoms with Gasteiger partial charge >= 0.3 is 0 Å². The second-order valence-electron chi connectivity index (χ2n) is 7.12. The van der Waals surface area contributed by atoms with Crippen LogP contribution in [-0.4, -0.2) is 43.0 Å². The van der Waals surface area contributed by atoms with E-state index in [4.69, 9.17) is 4.42 Å². The second kappa shape index (κ2) is 10.5. The number of nitrogens with zero attached hydrogens (tertiary/aromatic N) is 3. The molecule has 0 bridgehead atoms. The lowest BCUT2D eigenvalue weighted by atomic mass is 10.1. The molecule has 1 heterocycles. The molecule has 158 valence electrons. The molecule has 1 aromatic heterocycles. The number of benzene rings is 2. The highest BCUT2D eigenvalue weighted by Crippen LogP contribution is 2.19. The molecule has 0 radical (unpaired) electrons. The van der Waals surface area contributed by atoms with Gasteiger partial charge in [-0.3, -0.25) is 0 Å². The largest absolute Gasteiger partial charge is 0.444 e. The molecule has 0 spiro atoms. The van der Waals surface area contributed by atoms with Gasteiger partial charge in [0.2, 0.25) is 5.89 Å². The van der Waals surface area contributed by atoms with Crippen molar-refractivity contribution in [1.82, 2.24) is 20.5 Å². The number of hydrogen-bond acceptors (Lipinski definition) is 4. The molecule has 0 saturated heterocycles. The predicted octanol–water partition coefficient (Wildman–Crippen LogP) is 3.84. The van der Waals surface area contributed by atoms with Crippen molar-refractivity contribution in [3.8, 4) is 11.5 Å². The van der Waals surface area contributed by atoms with Gasteiger partial charge in [-0.25, -0.2) is 14.4 Å². The van der Waals surface area contributed by atoms with Crippen molar-refractivity contribution in [1.29, 1.82) is 0 Å². The molecule has 2 N–H and O–H groups in total. The van der Waals surface area contributed by atoms with Crippen LogP contribution in [0.15, 0.2) is 70.3 Å². The summed E-state index contributed by atoms with van der Waals surface area (Å²) in [5.74, 6) is 1.02. The summed E-state index contributed by atoms with van der Waals surface area (Å²) in [6.45, 7) is 3.71. The molecule has 1 unspecified atom stereocenters. The lowest BCUT2D eigenvalue weighted by Gasteiger charge is -2.26. The quantitative estimate of drug-likeness (QED) is 0.437. The summed E-state index contributed by atoms with van der Waals surface area (Å²) in [6, 6.07) is 16.5. The van der Waals surface area contributed by atoms with Crippen LogP contribution in [0, 0.1) is 5.82 Å². The average Bonchev–Trinajstić information content (AvgIpc) is 3.22. The van der Waals surface area contributed by atoms with E-state index in [-0.39, 0.29) is 11.9 Å². The minimum atomic E-state index is -0.236. The summed E-state index contributed by atoms with van der Waals surface area (Å²) in [4.78, 5) is 11.2. The van der Waals surface area contributed by atoms with E-state index in [0.717, 1.165) is 23.4 Å². The van der Waals surface area contributed by atoms with Gasteiger partial charge in [0.15, 0.2) is 5.96 Å². The minimum Gasteiger partial charge on any atom is -0.444 e. The Morgan fingerprint density at radius 1 is 1.13 bits per heavy atom. The maximum Gasteiger partial charge on any atom is 0.226 e. The topological polar surface area (TPSA) is 65.7 Å². The Kier molecular flexibility index (Phi) is 7.57. The van der Waals surface area contributed by atoms with Gasteiger partial charge in [-0.1, -0.05) is 30.3 Å². The fourth-order valence-corrected chi connectivity index (χ4v) is 3.10. The average molecular weight is 410 g/mol. The van der Waals surface area contributed by atoms with Crippen LogP contribution in [0.5, 0.6) is 0 Å². The summed E-state index contributed by atoms with van der Waals surface area (Å²) in [5.41, 5.74) is 2.59. The Bertz CT molecular complexity index is 955. The van der Waals surface area contributed by atoms with Crippen molar-refractivity contribution >= 4 is 5.96 Å². The third-order valence-corrected chi connectivity index (χ3v) is 4.64. The SMILES string of the molecule is CCNC(=NCc1coc(-c2ccccc2)n1)NCC(c1cccc(F)c1)N(C)C. The molecule has 0 fully saturated rings. The van der Waals surface area contributed by atoms with Crippen molar-refractivity contribution in [2.75, 3.05) is 27.2 Å². The van der Waals surface area contributed by atoms with E-state index >= 15 is 0 Å². The summed E-state index contributed by atoms with van der Waals surface area (Å²) >= 11 is 0. The van der Waals surface area contributed by atoms with Crippen LogP contribution in [0.1, 0.15) is 24.2 Å². The summed E-state index contributed by atoms with van der Waals surface area (Å²) in [5, 5.41) is 6.58. The minimum absolute atomic E-state index is 0.00119. The molecule has 7 heteroatoms. The van der Waals surface area contributed by atoms with Crippen LogP contribution in [0.25, 0.3) is 11.5 Å². The van der Waals surface area contributed by atoms with Crippen LogP contribution in [-0.2, 0) is 6.54 Å². The molecular weight excluding hydrogens is 381 g/mol. The zero-order chi connectivity index (χ0) is 21.3. The van der Waals surface area contributed by atoms with Crippen LogP contribution in [0.2, 0.25) is 0 Å². The Labute approximate surface area is 176 Å². The van der Waals surface area contributed by atoms with E-state index in [1.54, 1.807) is 18.4 Å². The molecule has 0 aliphatic heterocycles. The van der Waals surface area contributed by atoms with Gasteiger partial charge in [0, 0.05) is 18.7 Å². The van der Waals surface area contributed by atoms with Crippen LogP contribution in [0.3, 0.4) is 0 Å². The summed E-state index contributed by atoms with van der Waals surface area (Å²) in [6.07, 6.45) is 1.63. The van der Waals surface area contributed by atoms with E-state index in [9.17, 15) is 4.39 Å². The van der Waals surface area contributed by atoms with Crippen LogP contribution >= 0.6 is 0 Å². The first-order valence-corrected chi connectivity index (χ1v) is 10.0. The molecule has 30 heavy (non-hydrogen) atoms. The number of nitrogens with one attached hydrogen (secondary N) is 2. The summed E-state index contributed by atoms with van der Waals surface area (Å²) in [7, 11) is 3.95. The van der Waals surface area contributed by atoms with Gasteiger partial charge in [0.1, 0.15) is 17.8 Å². The third kappa shape index (κ3) is 5.90. The smallest absolute Gasteiger partial charge is 0.226 e. The zero-order valence-corrected chi connectivity index (χ0v) is 17.6. The highest BCUT2D eigenvalue weighted by atomic mass is 19.1. The van der Waals surface area contributed by atoms with E-state index in [1.807, 2.05) is 57.4 Å². The zero-order valence-electron chi connectivity index (χ0n) is 17.6. The van der Waals surface area contributed by atoms with Crippen molar-refractivity contribution in [3.05, 3.63) is 77.9 Å². The number of halogens is 1. The van der Waals surface area contributed by atoms with E-state index in [2.05, 4.69) is 25.5 Å². The van der Waals surface area contributed by atoms with Gasteiger partial charge in [-0.05, 0) is 50.8 Å². The van der Waals surface area contributed by atoms with E-state index < -0.39 is 0 Å². The number of aromatic nitrogens is 1. The molecule has 0 aliphatic rings. The van der Waals surface area contributed by atoms with Crippen molar-refractivity contribution in [2.24, 2.45) is 4.99 Å². The number of guanidine groups is 1. The van der Waals surface area contributed by atoms with Gasteiger partial charge in [0.25, 0.3) is 0 Å². The molecule has 3 rings (SSSR count). The normalized spacial score (nSPS) is 12.8. The van der Waals surface area contributed by atoms with Crippen molar-refractivity contribution in [2.45, 2.75) is 19.5 Å². The van der Waals surface area contributed by atoms with E-state index in [0.29, 0.717) is 24.9 Å². The van der Waals surface area contributed by atoms with Gasteiger partial charge in [-0.15, -0.1) is 0 Å². The number of oxazole rings is 1. The number of aliphatic imine (C=N–C) groups is 1. The Balaban J connectivity index is 1.66. The fraction of sp³-hybridized carbons (Fsp3) is 0.304. The molecule has 3 aromatic rings. The van der Waals surface area contributed by atoms with Crippen molar-refractivity contribution < 1.29 is 8.81 Å². The number of rotatable bonds is 8. The number of likely N-dealkylation sites (N-methyl/N-ethyl adjacent to an activating group) is 1. The first-order chi connectivity index (χ1) is 14.6. The lowest BCUT2D eigenvalue weighted by Crippen LogP contribution is -2.41. The molecule has 0 aliphatic carbocycles. The molecular formula is C23H28FN5O. The Morgan fingerprint density at radius 3 is 2.63 bits per heavy atom. The first kappa shape index (κ1) is 21.5. The van der Waals surface area contributed by atoms with Gasteiger partial charge in [0.05, 0.1) is 12.6 Å². The molecule has 6 nitrogen and oxygen atoms in total. The predicted molar refractivity (Wildman–Crippen MR) is 118 cm³/mol. The molecule has 1 atom stereocenters. The molecule has 0 amide bonds. The van der Waals surface area contributed by atoms with Crippen LogP contribution in [0.4, 0.5) is 4.39 Å². The lowest BCUT2D eigenvalue weighted by molar-refractivity contribution is 0.297. The molecule has 2 aromatic carbocycles. The molecule has 0 saturated carbocycles. The highest BCUT2D eigenvalue weighted by Gasteiger charge is 2.15. The van der Waals surface area contributed by atoms with E-state index in [1.165, 1.54) is 6.07 Å². The standard InChI is InChI=1S/C23H28FN5O/c1-4-25-23(27-15-21(29(2)3)18-11-8-12-19(24)13-18)26-14-20-16-30-22(28-20)17-9-6-5-7-10-17/h5-13,16,21H,4,14-15H2,1-3H3,(H2,25,26,27). The number of hydrogen-bond donors (Lipinski definition) is 2. The highest BCUT2D eigenvalue weighted by molar-refractivity contribution is 5.79. The monoisotopic (exact) mass is 409 g/mol. The maximum atomic E-state index is 13.7. The van der Waals surface area contributed by atoms with Gasteiger partial charge in [-0.2, -0.15) is 0 Å². The Hall–Kier alpha value is -3.19. The summed E-state index contributed by atoms with van der Waals surface area (Å²) < 4.78 is 19.2. The van der Waals surface area contributed by atoms with Crippen LogP contribution < -0.4 is 10.6 Å². The third-order valence-electron chi connectivity index (χ3n) is 4.64. The fourth-order valence-electron chi connectivity index (χ4n) is 3.10. The first-order valence-electron chi connectivity index (χ1n) is 10.0. The van der Waals surface area contributed by atoms with Gasteiger partial charge < -0.3 is 20.0 Å². The second-order valence-corrected chi connectivity index (χ2v) is 7.12. The Morgan fingerprint density at radius 2 is 1.93 bits per heavy atom. The van der Waals surface area contributed by atoms with Crippen molar-refractivity contribution in [3.63, 3.8) is 0 Å².